The van der Waals surface area contributed by atoms with Gasteiger partial charge in [0.15, 0.2) is 0 Å². The van der Waals surface area contributed by atoms with Gasteiger partial charge < -0.3 is 29.5 Å². The van der Waals surface area contributed by atoms with E-state index in [1.165, 1.54) is 0 Å². The molecule has 3 aromatic rings. The van der Waals surface area contributed by atoms with E-state index in [0.29, 0.717) is 76.6 Å². The second-order valence-corrected chi connectivity index (χ2v) is 10.5. The summed E-state index contributed by atoms with van der Waals surface area (Å²) in [5, 5.41) is 18.0. The van der Waals surface area contributed by atoms with Crippen molar-refractivity contribution in [2.75, 3.05) is 39.3 Å². The van der Waals surface area contributed by atoms with E-state index in [1.807, 2.05) is 53.0 Å². The number of nitrogens with one attached hydrogen (secondary N) is 1. The number of carboxylic acid groups (broad SMARTS) is 1. The first-order chi connectivity index (χ1) is 20.9. The van der Waals surface area contributed by atoms with Crippen LogP contribution < -0.4 is 10.1 Å². The SMILES string of the molecule is Cc1cc(CC(=O)N2CCCNC(=O)[C@H]3CN(C(=O)CCCn4cccn4)C[C@@H]3c3cccc(c3)OCC2)on1.O=CO. The highest BCUT2D eigenvalue weighted by atomic mass is 16.5. The molecule has 0 aliphatic carbocycles. The van der Waals surface area contributed by atoms with Crippen molar-refractivity contribution >= 4 is 24.2 Å². The van der Waals surface area contributed by atoms with Gasteiger partial charge in [-0.05, 0) is 43.5 Å². The molecule has 1 saturated heterocycles. The van der Waals surface area contributed by atoms with E-state index in [4.69, 9.17) is 19.2 Å². The Labute approximate surface area is 249 Å². The summed E-state index contributed by atoms with van der Waals surface area (Å²) in [4.78, 5) is 51.4. The quantitative estimate of drug-likeness (QED) is 0.406. The van der Waals surface area contributed by atoms with Crippen LogP contribution in [0.15, 0.2) is 53.3 Å². The Morgan fingerprint density at radius 1 is 1.12 bits per heavy atom. The fraction of sp³-hybridized carbons (Fsp3) is 0.467. The number of amides is 3. The lowest BCUT2D eigenvalue weighted by atomic mass is 9.88. The number of carbonyl (C=O) groups is 4. The third-order valence-corrected chi connectivity index (χ3v) is 7.52. The first-order valence-corrected chi connectivity index (χ1v) is 14.4. The zero-order valence-electron chi connectivity index (χ0n) is 24.3. The predicted molar refractivity (Wildman–Crippen MR) is 154 cm³/mol. The van der Waals surface area contributed by atoms with Crippen molar-refractivity contribution in [1.29, 1.82) is 0 Å². The maximum absolute atomic E-state index is 13.4. The third-order valence-electron chi connectivity index (χ3n) is 7.52. The number of aryl methyl sites for hydroxylation is 2. The average molecular weight is 595 g/mol. The van der Waals surface area contributed by atoms with Crippen molar-refractivity contribution in [1.82, 2.24) is 30.1 Å². The molecular weight excluding hydrogens is 556 g/mol. The number of hydrogen-bond donors (Lipinski definition) is 2. The molecular formula is C30H38N6O7. The molecule has 2 atom stereocenters. The fourth-order valence-corrected chi connectivity index (χ4v) is 5.44. The molecule has 2 aliphatic heterocycles. The standard InChI is InChI=1S/C29H36N6O5.CH2O2/c1-21-16-24(40-32-21)18-28(37)33-11-4-9-30-29(38)26-20-34(27(36)8-3-12-35-13-5-10-31-35)19-25(26)22-6-2-7-23(17-22)39-15-14-33;2-1-3/h2,5-7,10,13,16-17,25-26H,3-4,8-9,11-12,14-15,18-20H2,1H3,(H,30,38);1H,(H,2,3)/t25-,26+;/m1./s1. The summed E-state index contributed by atoms with van der Waals surface area (Å²) in [5.41, 5.74) is 1.70. The molecule has 2 bridgehead atoms. The van der Waals surface area contributed by atoms with Gasteiger partial charge in [-0.15, -0.1) is 0 Å². The van der Waals surface area contributed by atoms with Gasteiger partial charge in [0.05, 0.1) is 24.6 Å². The molecule has 1 aromatic carbocycles. The minimum absolute atomic E-state index is 0.0499. The highest BCUT2D eigenvalue weighted by Crippen LogP contribution is 2.35. The molecule has 4 heterocycles. The van der Waals surface area contributed by atoms with Crippen LogP contribution in [-0.2, 0) is 32.1 Å². The molecule has 2 aliphatic rings. The van der Waals surface area contributed by atoms with Crippen molar-refractivity contribution in [3.05, 3.63) is 65.8 Å². The predicted octanol–water partition coefficient (Wildman–Crippen LogP) is 1.87. The van der Waals surface area contributed by atoms with Crippen molar-refractivity contribution in [2.24, 2.45) is 5.92 Å². The van der Waals surface area contributed by atoms with Gasteiger partial charge in [0.25, 0.3) is 6.47 Å². The molecule has 0 spiro atoms. The smallest absolute Gasteiger partial charge is 0.290 e. The second-order valence-electron chi connectivity index (χ2n) is 10.5. The van der Waals surface area contributed by atoms with Crippen LogP contribution in [0.4, 0.5) is 0 Å². The lowest BCUT2D eigenvalue weighted by molar-refractivity contribution is -0.131. The number of aromatic nitrogens is 3. The first kappa shape index (κ1) is 31.3. The Morgan fingerprint density at radius 3 is 2.67 bits per heavy atom. The molecule has 2 N–H and O–H groups in total. The van der Waals surface area contributed by atoms with Gasteiger partial charge in [0, 0.05) is 63.5 Å². The Bertz CT molecular complexity index is 1360. The van der Waals surface area contributed by atoms with Crippen molar-refractivity contribution in [3.63, 3.8) is 0 Å². The highest BCUT2D eigenvalue weighted by molar-refractivity contribution is 5.83. The van der Waals surface area contributed by atoms with E-state index in [2.05, 4.69) is 15.6 Å². The van der Waals surface area contributed by atoms with Gasteiger partial charge in [0.2, 0.25) is 17.7 Å². The highest BCUT2D eigenvalue weighted by Gasteiger charge is 2.40. The summed E-state index contributed by atoms with van der Waals surface area (Å²) < 4.78 is 13.1. The maximum Gasteiger partial charge on any atom is 0.290 e. The van der Waals surface area contributed by atoms with Crippen molar-refractivity contribution in [2.45, 2.75) is 45.1 Å². The minimum Gasteiger partial charge on any atom is -0.492 e. The van der Waals surface area contributed by atoms with Crippen molar-refractivity contribution < 1.29 is 33.5 Å². The maximum atomic E-state index is 13.4. The number of carbonyl (C=O) groups excluding carboxylic acids is 3. The van der Waals surface area contributed by atoms with Gasteiger partial charge in [-0.2, -0.15) is 5.10 Å². The van der Waals surface area contributed by atoms with Crippen LogP contribution in [0.1, 0.15) is 42.2 Å². The van der Waals surface area contributed by atoms with E-state index < -0.39 is 0 Å². The van der Waals surface area contributed by atoms with Gasteiger partial charge in [-0.1, -0.05) is 17.3 Å². The van der Waals surface area contributed by atoms with Gasteiger partial charge in [0.1, 0.15) is 18.1 Å². The molecule has 43 heavy (non-hydrogen) atoms. The lowest BCUT2D eigenvalue weighted by Crippen LogP contribution is -2.40. The molecule has 0 saturated carbocycles. The Kier molecular flexibility index (Phi) is 11.3. The van der Waals surface area contributed by atoms with Gasteiger partial charge in [-0.25, -0.2) is 0 Å². The Balaban J connectivity index is 0.00000135. The van der Waals surface area contributed by atoms with E-state index >= 15 is 0 Å². The van der Waals surface area contributed by atoms with E-state index in [-0.39, 0.29) is 42.5 Å². The summed E-state index contributed by atoms with van der Waals surface area (Å²) in [6.07, 6.45) is 5.43. The van der Waals surface area contributed by atoms with Crippen LogP contribution >= 0.6 is 0 Å². The number of ether oxygens (including phenoxy) is 1. The van der Waals surface area contributed by atoms with Gasteiger partial charge in [-0.3, -0.25) is 23.9 Å². The largest absolute Gasteiger partial charge is 0.492 e. The van der Waals surface area contributed by atoms with Crippen molar-refractivity contribution in [3.8, 4) is 5.75 Å². The summed E-state index contributed by atoms with van der Waals surface area (Å²) in [5.74, 6) is 0.617. The molecule has 230 valence electrons. The van der Waals surface area contributed by atoms with Crippen LogP contribution in [0.3, 0.4) is 0 Å². The summed E-state index contributed by atoms with van der Waals surface area (Å²) in [6.45, 7) is 4.78. The molecule has 0 radical (unpaired) electrons. The normalized spacial score (nSPS) is 18.8. The number of rotatable bonds is 6. The van der Waals surface area contributed by atoms with E-state index in [1.54, 1.807) is 17.2 Å². The van der Waals surface area contributed by atoms with Gasteiger partial charge >= 0.3 is 0 Å². The summed E-state index contributed by atoms with van der Waals surface area (Å²) in [6, 6.07) is 11.4. The minimum atomic E-state index is -0.360. The van der Waals surface area contributed by atoms with Crippen LogP contribution in [0.25, 0.3) is 0 Å². The molecule has 2 aromatic heterocycles. The molecule has 13 nitrogen and oxygen atoms in total. The first-order valence-electron chi connectivity index (χ1n) is 14.4. The number of hydrogen-bond acceptors (Lipinski definition) is 8. The summed E-state index contributed by atoms with van der Waals surface area (Å²) >= 11 is 0. The van der Waals surface area contributed by atoms with Crippen LogP contribution in [-0.4, -0.2) is 93.4 Å². The fourth-order valence-electron chi connectivity index (χ4n) is 5.44. The lowest BCUT2D eigenvalue weighted by Gasteiger charge is -2.24. The topological polar surface area (TPSA) is 160 Å². The van der Waals surface area contributed by atoms with Crippen LogP contribution in [0.5, 0.6) is 5.75 Å². The number of nitrogens with zero attached hydrogens (tertiary/aromatic N) is 5. The summed E-state index contributed by atoms with van der Waals surface area (Å²) in [7, 11) is 0. The van der Waals surface area contributed by atoms with E-state index in [9.17, 15) is 14.4 Å². The Hall–Kier alpha value is -4.68. The second kappa shape index (κ2) is 15.5. The zero-order valence-corrected chi connectivity index (χ0v) is 24.3. The molecule has 13 heteroatoms. The van der Waals surface area contributed by atoms with E-state index in [0.717, 1.165) is 11.3 Å². The molecule has 0 unspecified atom stereocenters. The number of fused-ring (bicyclic) bond motifs is 4. The average Bonchev–Trinajstić information content (AvgIpc) is 3.76. The third kappa shape index (κ3) is 8.90. The Morgan fingerprint density at radius 2 is 1.93 bits per heavy atom. The molecule has 3 amide bonds. The number of benzene rings is 1. The monoisotopic (exact) mass is 594 g/mol. The van der Waals surface area contributed by atoms with Crippen LogP contribution in [0, 0.1) is 12.8 Å². The molecule has 5 rings (SSSR count). The zero-order chi connectivity index (χ0) is 30.6. The molecule has 1 fully saturated rings. The number of likely N-dealkylation sites (tertiary alicyclic amines) is 1. The van der Waals surface area contributed by atoms with Crippen LogP contribution in [0.2, 0.25) is 0 Å².